The van der Waals surface area contributed by atoms with Gasteiger partial charge in [-0.15, -0.1) is 6.42 Å². The second-order valence-corrected chi connectivity index (χ2v) is 3.97. The van der Waals surface area contributed by atoms with Gasteiger partial charge in [0.15, 0.2) is 0 Å². The molecule has 0 unspecified atom stereocenters. The van der Waals surface area contributed by atoms with Crippen molar-refractivity contribution >= 4 is 33.3 Å². The number of amides is 1. The third-order valence-electron chi connectivity index (χ3n) is 1.84. The number of carbonyl (C=O) groups is 1. The van der Waals surface area contributed by atoms with E-state index in [9.17, 15) is 14.9 Å². The first-order chi connectivity index (χ1) is 8.54. The van der Waals surface area contributed by atoms with Gasteiger partial charge in [-0.25, -0.2) is 4.98 Å². The quantitative estimate of drug-likeness (QED) is 0.478. The summed E-state index contributed by atoms with van der Waals surface area (Å²) in [4.78, 5) is 25.0. The molecule has 1 aromatic rings. The van der Waals surface area contributed by atoms with E-state index in [4.69, 9.17) is 6.42 Å². The van der Waals surface area contributed by atoms with Crippen molar-refractivity contribution < 1.29 is 9.72 Å². The third kappa shape index (κ3) is 4.03. The molecule has 0 saturated heterocycles. The number of carbonyl (C=O) groups excluding carboxylic acids is 1. The van der Waals surface area contributed by atoms with E-state index in [-0.39, 0.29) is 24.7 Å². The van der Waals surface area contributed by atoms with Crippen LogP contribution in [0, 0.1) is 22.5 Å². The molecule has 0 atom stereocenters. The molecule has 1 aromatic heterocycles. The number of aromatic nitrogens is 1. The number of hydrogen-bond acceptors (Lipinski definition) is 5. The SMILES string of the molecule is C#CCNC(=O)CNc1ncc([N+](=O)[O-])cc1Br. The summed E-state index contributed by atoms with van der Waals surface area (Å²) in [5, 5.41) is 15.7. The van der Waals surface area contributed by atoms with Crippen molar-refractivity contribution in [2.75, 3.05) is 18.4 Å². The minimum Gasteiger partial charge on any atom is -0.360 e. The average Bonchev–Trinajstić information content (AvgIpc) is 2.34. The fourth-order valence-electron chi connectivity index (χ4n) is 1.03. The minimum absolute atomic E-state index is 0.0227. The van der Waals surface area contributed by atoms with Crippen molar-refractivity contribution in [3.05, 3.63) is 26.9 Å². The van der Waals surface area contributed by atoms with E-state index < -0.39 is 4.92 Å². The molecule has 1 heterocycles. The Labute approximate surface area is 111 Å². The zero-order chi connectivity index (χ0) is 13.5. The van der Waals surface area contributed by atoms with Crippen molar-refractivity contribution in [3.63, 3.8) is 0 Å². The van der Waals surface area contributed by atoms with Crippen LogP contribution in [0.3, 0.4) is 0 Å². The highest BCUT2D eigenvalue weighted by atomic mass is 79.9. The molecular weight excluding hydrogens is 304 g/mol. The third-order valence-corrected chi connectivity index (χ3v) is 2.45. The summed E-state index contributed by atoms with van der Waals surface area (Å²) in [6, 6.07) is 1.30. The van der Waals surface area contributed by atoms with Crippen molar-refractivity contribution in [1.82, 2.24) is 10.3 Å². The van der Waals surface area contributed by atoms with E-state index in [1.807, 2.05) is 0 Å². The molecule has 0 aromatic carbocycles. The molecule has 8 heteroatoms. The van der Waals surface area contributed by atoms with Gasteiger partial charge in [-0.1, -0.05) is 5.92 Å². The fraction of sp³-hybridized carbons (Fsp3) is 0.200. The van der Waals surface area contributed by atoms with Gasteiger partial charge in [0.2, 0.25) is 5.91 Å². The highest BCUT2D eigenvalue weighted by Crippen LogP contribution is 2.23. The smallest absolute Gasteiger partial charge is 0.288 e. The maximum Gasteiger partial charge on any atom is 0.288 e. The van der Waals surface area contributed by atoms with Crippen LogP contribution in [0.15, 0.2) is 16.7 Å². The molecule has 7 nitrogen and oxygen atoms in total. The Bertz CT molecular complexity index is 512. The van der Waals surface area contributed by atoms with Gasteiger partial charge in [0.25, 0.3) is 5.69 Å². The number of nitro groups is 1. The van der Waals surface area contributed by atoms with Crippen molar-refractivity contribution in [3.8, 4) is 12.3 Å². The molecule has 0 bridgehead atoms. The normalized spacial score (nSPS) is 9.33. The number of hydrogen-bond donors (Lipinski definition) is 2. The Morgan fingerprint density at radius 1 is 1.67 bits per heavy atom. The average molecular weight is 313 g/mol. The van der Waals surface area contributed by atoms with Gasteiger partial charge in [0.1, 0.15) is 12.0 Å². The van der Waals surface area contributed by atoms with E-state index in [0.29, 0.717) is 10.3 Å². The van der Waals surface area contributed by atoms with Crippen LogP contribution in [0.4, 0.5) is 11.5 Å². The first-order valence-electron chi connectivity index (χ1n) is 4.78. The first-order valence-corrected chi connectivity index (χ1v) is 5.58. The van der Waals surface area contributed by atoms with Crippen LogP contribution >= 0.6 is 15.9 Å². The Balaban J connectivity index is 2.61. The summed E-state index contributed by atoms with van der Waals surface area (Å²) < 4.78 is 0.404. The summed E-state index contributed by atoms with van der Waals surface area (Å²) in [6.07, 6.45) is 6.09. The molecule has 0 spiro atoms. The van der Waals surface area contributed by atoms with E-state index >= 15 is 0 Å². The van der Waals surface area contributed by atoms with Gasteiger partial charge in [-0.3, -0.25) is 14.9 Å². The van der Waals surface area contributed by atoms with E-state index in [1.165, 1.54) is 6.07 Å². The van der Waals surface area contributed by atoms with E-state index in [0.717, 1.165) is 6.20 Å². The molecule has 1 rings (SSSR count). The molecule has 1 amide bonds. The van der Waals surface area contributed by atoms with Crippen LogP contribution in [0.1, 0.15) is 0 Å². The summed E-state index contributed by atoms with van der Waals surface area (Å²) >= 11 is 3.12. The van der Waals surface area contributed by atoms with E-state index in [2.05, 4.69) is 37.5 Å². The lowest BCUT2D eigenvalue weighted by molar-refractivity contribution is -0.385. The standard InChI is InChI=1S/C10H9BrN4O3/c1-2-3-12-9(16)6-14-10-8(11)4-7(5-13-10)15(17)18/h1,4-5H,3,6H2,(H,12,16)(H,13,14). The molecule has 94 valence electrons. The van der Waals surface area contributed by atoms with Crippen molar-refractivity contribution in [2.24, 2.45) is 0 Å². The van der Waals surface area contributed by atoms with Crippen LogP contribution < -0.4 is 10.6 Å². The monoisotopic (exact) mass is 312 g/mol. The zero-order valence-electron chi connectivity index (χ0n) is 9.14. The van der Waals surface area contributed by atoms with Gasteiger partial charge in [-0.05, 0) is 15.9 Å². The lowest BCUT2D eigenvalue weighted by Crippen LogP contribution is -2.30. The molecule has 18 heavy (non-hydrogen) atoms. The fourth-order valence-corrected chi connectivity index (χ4v) is 1.51. The van der Waals surface area contributed by atoms with Crippen LogP contribution in [0.25, 0.3) is 0 Å². The predicted octanol–water partition coefficient (Wildman–Crippen LogP) is 0.914. The first kappa shape index (κ1) is 13.9. The molecule has 0 aliphatic heterocycles. The Morgan fingerprint density at radius 3 is 2.94 bits per heavy atom. The Kier molecular flexibility index (Phi) is 5.07. The second kappa shape index (κ2) is 6.56. The second-order valence-electron chi connectivity index (χ2n) is 3.12. The van der Waals surface area contributed by atoms with Crippen LogP contribution in [-0.2, 0) is 4.79 Å². The predicted molar refractivity (Wildman–Crippen MR) is 68.9 cm³/mol. The highest BCUT2D eigenvalue weighted by molar-refractivity contribution is 9.10. The number of halogens is 1. The lowest BCUT2D eigenvalue weighted by Gasteiger charge is -2.06. The van der Waals surface area contributed by atoms with Gasteiger partial charge in [-0.2, -0.15) is 0 Å². The molecule has 0 saturated carbocycles. The van der Waals surface area contributed by atoms with Gasteiger partial charge in [0.05, 0.1) is 22.5 Å². The molecule has 2 N–H and O–H groups in total. The summed E-state index contributed by atoms with van der Waals surface area (Å²) in [7, 11) is 0. The summed E-state index contributed by atoms with van der Waals surface area (Å²) in [6.45, 7) is 0.125. The summed E-state index contributed by atoms with van der Waals surface area (Å²) in [5.41, 5.74) is -0.135. The topological polar surface area (TPSA) is 97.2 Å². The molecule has 0 radical (unpaired) electrons. The van der Waals surface area contributed by atoms with Crippen LogP contribution in [-0.4, -0.2) is 28.9 Å². The Hall–Kier alpha value is -2.14. The largest absolute Gasteiger partial charge is 0.360 e. The Morgan fingerprint density at radius 2 is 2.39 bits per heavy atom. The van der Waals surface area contributed by atoms with Crippen molar-refractivity contribution in [2.45, 2.75) is 0 Å². The molecule has 0 aliphatic carbocycles. The highest BCUT2D eigenvalue weighted by Gasteiger charge is 2.11. The number of nitrogens with zero attached hydrogens (tertiary/aromatic N) is 2. The van der Waals surface area contributed by atoms with Gasteiger partial charge in [0, 0.05) is 6.07 Å². The summed E-state index contributed by atoms with van der Waals surface area (Å²) in [5.74, 6) is 2.32. The van der Waals surface area contributed by atoms with Gasteiger partial charge < -0.3 is 10.6 Å². The maximum absolute atomic E-state index is 11.2. The molecule has 0 aliphatic rings. The maximum atomic E-state index is 11.2. The molecular formula is C10H9BrN4O3. The minimum atomic E-state index is -0.554. The van der Waals surface area contributed by atoms with Gasteiger partial charge >= 0.3 is 0 Å². The van der Waals surface area contributed by atoms with E-state index in [1.54, 1.807) is 0 Å². The number of nitrogens with one attached hydrogen (secondary N) is 2. The lowest BCUT2D eigenvalue weighted by atomic mass is 10.4. The number of anilines is 1. The number of pyridine rings is 1. The molecule has 0 fully saturated rings. The van der Waals surface area contributed by atoms with Crippen molar-refractivity contribution in [1.29, 1.82) is 0 Å². The number of rotatable bonds is 5. The van der Waals surface area contributed by atoms with Crippen LogP contribution in [0.2, 0.25) is 0 Å². The zero-order valence-corrected chi connectivity index (χ0v) is 10.7. The van der Waals surface area contributed by atoms with Crippen LogP contribution in [0.5, 0.6) is 0 Å². The number of terminal acetylenes is 1.